The summed E-state index contributed by atoms with van der Waals surface area (Å²) in [4.78, 5) is 0. The Bertz CT molecular complexity index is 925. The highest BCUT2D eigenvalue weighted by molar-refractivity contribution is 7.27. The number of hydrogen-bond donors (Lipinski definition) is 0. The summed E-state index contributed by atoms with van der Waals surface area (Å²) in [5.41, 5.74) is 8.86. The van der Waals surface area contributed by atoms with Crippen molar-refractivity contribution in [3.05, 3.63) is 102 Å². The molecule has 0 bridgehead atoms. The van der Waals surface area contributed by atoms with Gasteiger partial charge >= 0.3 is 0 Å². The van der Waals surface area contributed by atoms with Crippen molar-refractivity contribution in [3.63, 3.8) is 0 Å². The maximum atomic E-state index is 2.72. The number of allylic oxidation sites excluding steroid dienone is 4. The van der Waals surface area contributed by atoms with Gasteiger partial charge in [0.15, 0.2) is 0 Å². The molecule has 0 spiro atoms. The summed E-state index contributed by atoms with van der Waals surface area (Å²) in [6.45, 7) is 6.44. The molecule has 3 aromatic carbocycles. The van der Waals surface area contributed by atoms with Gasteiger partial charge in [-0.1, -0.05) is 90.5 Å². The molecule has 0 nitrogen and oxygen atoms in total. The molecule has 1 atom stereocenters. The zero-order valence-electron chi connectivity index (χ0n) is 15.7. The van der Waals surface area contributed by atoms with Crippen molar-refractivity contribution in [2.24, 2.45) is 0 Å². The third-order valence-corrected chi connectivity index (χ3v) is 5.06. The molecular formula is C25H25P. The summed E-state index contributed by atoms with van der Waals surface area (Å²) < 4.78 is 0. The maximum absolute atomic E-state index is 2.72. The van der Waals surface area contributed by atoms with E-state index in [0.717, 1.165) is 0 Å². The molecule has 1 heteroatoms. The lowest BCUT2D eigenvalue weighted by molar-refractivity contribution is 1.46. The fraction of sp³-hybridized carbons (Fsp3) is 0.120. The number of aryl methyl sites for hydroxylation is 1. The van der Waals surface area contributed by atoms with Crippen molar-refractivity contribution < 1.29 is 0 Å². The van der Waals surface area contributed by atoms with E-state index in [9.17, 15) is 0 Å². The molecule has 0 radical (unpaired) electrons. The molecule has 0 amide bonds. The minimum absolute atomic E-state index is 1.21. The van der Waals surface area contributed by atoms with Crippen molar-refractivity contribution in [2.45, 2.75) is 20.8 Å². The monoisotopic (exact) mass is 356 g/mol. The van der Waals surface area contributed by atoms with Crippen molar-refractivity contribution in [2.75, 3.05) is 0 Å². The maximum Gasteiger partial charge on any atom is -0.0184 e. The summed E-state index contributed by atoms with van der Waals surface area (Å²) in [6.07, 6.45) is 4.39. The van der Waals surface area contributed by atoms with Gasteiger partial charge in [0.05, 0.1) is 0 Å². The molecule has 0 heterocycles. The molecule has 0 aromatic heterocycles. The zero-order valence-corrected chi connectivity index (χ0v) is 16.8. The van der Waals surface area contributed by atoms with Crippen LogP contribution in [0.3, 0.4) is 0 Å². The van der Waals surface area contributed by atoms with Crippen LogP contribution in [0.5, 0.6) is 0 Å². The number of hydrogen-bond acceptors (Lipinski definition) is 0. The van der Waals surface area contributed by atoms with Gasteiger partial charge in [0.2, 0.25) is 0 Å². The highest BCUT2D eigenvalue weighted by Gasteiger charge is 2.00. The summed E-state index contributed by atoms with van der Waals surface area (Å²) in [6, 6.07) is 26.0. The fourth-order valence-corrected chi connectivity index (χ4v) is 3.05. The average molecular weight is 356 g/mol. The van der Waals surface area contributed by atoms with Crippen molar-refractivity contribution >= 4 is 25.7 Å². The van der Waals surface area contributed by atoms with Gasteiger partial charge in [0, 0.05) is 0 Å². The molecule has 0 aliphatic rings. The van der Waals surface area contributed by atoms with Crippen LogP contribution < -0.4 is 5.30 Å². The van der Waals surface area contributed by atoms with Crippen molar-refractivity contribution in [3.8, 4) is 11.1 Å². The van der Waals surface area contributed by atoms with E-state index in [1.807, 2.05) is 0 Å². The third kappa shape index (κ3) is 4.59. The lowest BCUT2D eigenvalue weighted by atomic mass is 9.99. The number of rotatable bonds is 4. The second kappa shape index (κ2) is 8.30. The Morgan fingerprint density at radius 2 is 1.00 bits per heavy atom. The van der Waals surface area contributed by atoms with Crippen LogP contribution in [-0.4, -0.2) is 0 Å². The van der Waals surface area contributed by atoms with Gasteiger partial charge in [-0.15, -0.1) is 9.24 Å². The predicted molar refractivity (Wildman–Crippen MR) is 120 cm³/mol. The van der Waals surface area contributed by atoms with Crippen LogP contribution in [0.4, 0.5) is 0 Å². The molecule has 0 aliphatic carbocycles. The van der Waals surface area contributed by atoms with Crippen molar-refractivity contribution in [1.29, 1.82) is 0 Å². The zero-order chi connectivity index (χ0) is 18.5. The summed E-state index contributed by atoms with van der Waals surface area (Å²) >= 11 is 0. The second-order valence-electron chi connectivity index (χ2n) is 6.76. The van der Waals surface area contributed by atoms with Crippen LogP contribution in [0.1, 0.15) is 30.5 Å². The smallest absolute Gasteiger partial charge is 0.0184 e. The molecule has 3 rings (SSSR count). The lowest BCUT2D eigenvalue weighted by Gasteiger charge is -2.06. The van der Waals surface area contributed by atoms with E-state index in [1.165, 1.54) is 44.3 Å². The van der Waals surface area contributed by atoms with Gasteiger partial charge in [0.25, 0.3) is 0 Å². The highest BCUT2D eigenvalue weighted by atomic mass is 31.0. The molecule has 1 unspecified atom stereocenters. The Morgan fingerprint density at radius 1 is 0.615 bits per heavy atom. The van der Waals surface area contributed by atoms with Crippen LogP contribution >= 0.6 is 9.24 Å². The van der Waals surface area contributed by atoms with E-state index < -0.39 is 0 Å². The van der Waals surface area contributed by atoms with Gasteiger partial charge in [-0.05, 0) is 59.5 Å². The topological polar surface area (TPSA) is 0 Å². The van der Waals surface area contributed by atoms with Crippen LogP contribution in [-0.2, 0) is 0 Å². The molecule has 0 N–H and O–H groups in total. The number of benzene rings is 3. The van der Waals surface area contributed by atoms with Crippen LogP contribution in [0.2, 0.25) is 0 Å². The van der Waals surface area contributed by atoms with Gasteiger partial charge in [0.1, 0.15) is 0 Å². The molecule has 3 aromatic rings. The molecule has 130 valence electrons. The molecular weight excluding hydrogens is 331 g/mol. The van der Waals surface area contributed by atoms with Crippen LogP contribution in [0.25, 0.3) is 22.3 Å². The van der Waals surface area contributed by atoms with Crippen LogP contribution in [0.15, 0.2) is 84.9 Å². The largest absolute Gasteiger partial charge is 0.106 e. The summed E-state index contributed by atoms with van der Waals surface area (Å²) in [7, 11) is 2.72. The second-order valence-corrected chi connectivity index (χ2v) is 7.43. The van der Waals surface area contributed by atoms with E-state index in [0.29, 0.717) is 0 Å². The normalized spacial score (nSPS) is 12.3. The van der Waals surface area contributed by atoms with Crippen LogP contribution in [0, 0.1) is 6.92 Å². The summed E-state index contributed by atoms with van der Waals surface area (Å²) in [5, 5.41) is 1.21. The third-order valence-electron chi connectivity index (χ3n) is 4.67. The Morgan fingerprint density at radius 3 is 1.46 bits per heavy atom. The molecule has 0 saturated carbocycles. The first-order valence-electron chi connectivity index (χ1n) is 8.91. The van der Waals surface area contributed by atoms with Gasteiger partial charge in [-0.3, -0.25) is 0 Å². The quantitative estimate of drug-likeness (QED) is 0.362. The highest BCUT2D eigenvalue weighted by Crippen LogP contribution is 2.23. The first-order valence-corrected chi connectivity index (χ1v) is 9.49. The van der Waals surface area contributed by atoms with E-state index in [1.54, 1.807) is 0 Å². The van der Waals surface area contributed by atoms with Gasteiger partial charge in [-0.25, -0.2) is 0 Å². The first-order chi connectivity index (χ1) is 12.5. The molecule has 0 aliphatic heterocycles. The van der Waals surface area contributed by atoms with Gasteiger partial charge < -0.3 is 0 Å². The fourth-order valence-electron chi connectivity index (χ4n) is 2.86. The Labute approximate surface area is 159 Å². The predicted octanol–water partition coefficient (Wildman–Crippen LogP) is 6.67. The molecule has 0 saturated heterocycles. The van der Waals surface area contributed by atoms with E-state index in [4.69, 9.17) is 0 Å². The lowest BCUT2D eigenvalue weighted by Crippen LogP contribution is -1.89. The van der Waals surface area contributed by atoms with E-state index >= 15 is 0 Å². The Balaban J connectivity index is 1.77. The van der Waals surface area contributed by atoms with E-state index in [-0.39, 0.29) is 0 Å². The Kier molecular flexibility index (Phi) is 5.86. The Hall–Kier alpha value is -2.43. The molecule has 26 heavy (non-hydrogen) atoms. The van der Waals surface area contributed by atoms with Gasteiger partial charge in [-0.2, -0.15) is 0 Å². The van der Waals surface area contributed by atoms with Crippen molar-refractivity contribution in [1.82, 2.24) is 0 Å². The SMILES string of the molecule is C/C(=C\C=C(/C)c1ccc(-c2ccc(C)cc2)cc1)c1ccc(P)cc1. The average Bonchev–Trinajstić information content (AvgIpc) is 2.67. The summed E-state index contributed by atoms with van der Waals surface area (Å²) in [5.74, 6) is 0. The molecule has 0 fully saturated rings. The minimum atomic E-state index is 1.21. The minimum Gasteiger partial charge on any atom is -0.106 e. The van der Waals surface area contributed by atoms with E-state index in [2.05, 4.69) is 115 Å². The standard InChI is InChI=1S/C25H25P/c1-18-4-8-23(9-5-18)24-12-10-21(11-13-24)19(2)6-7-20(3)22-14-16-25(26)17-15-22/h4-17H,26H2,1-3H3/b19-6+,20-7+. The first kappa shape index (κ1) is 18.4.